The van der Waals surface area contributed by atoms with E-state index in [1.807, 2.05) is 31.2 Å². The van der Waals surface area contributed by atoms with Gasteiger partial charge in [0.25, 0.3) is 5.91 Å². The SMILES string of the molecule is COc1ccc(-c2cnn3c(C)c(C(=O)NCC4CCCO4)cnc23)cc1. The van der Waals surface area contributed by atoms with Gasteiger partial charge in [-0.15, -0.1) is 0 Å². The first-order chi connectivity index (χ1) is 13.2. The number of carbonyl (C=O) groups is 1. The molecule has 0 saturated carbocycles. The first-order valence-corrected chi connectivity index (χ1v) is 9.05. The van der Waals surface area contributed by atoms with Crippen molar-refractivity contribution in [3.05, 3.63) is 47.9 Å². The Labute approximate surface area is 157 Å². The first-order valence-electron chi connectivity index (χ1n) is 9.05. The summed E-state index contributed by atoms with van der Waals surface area (Å²) < 4.78 is 12.5. The number of carbonyl (C=O) groups excluding carboxylic acids is 1. The molecule has 3 heterocycles. The standard InChI is InChI=1S/C20H22N4O3/c1-13-17(20(25)22-10-16-4-3-9-27-16)11-21-19-18(12-23-24(13)19)14-5-7-15(26-2)8-6-14/h5-8,11-12,16H,3-4,9-10H2,1-2H3,(H,22,25). The topological polar surface area (TPSA) is 77.8 Å². The van der Waals surface area contributed by atoms with Crippen LogP contribution in [0.3, 0.4) is 0 Å². The minimum Gasteiger partial charge on any atom is -0.497 e. The molecule has 1 unspecified atom stereocenters. The number of benzene rings is 1. The van der Waals surface area contributed by atoms with E-state index in [9.17, 15) is 4.79 Å². The van der Waals surface area contributed by atoms with Gasteiger partial charge in [-0.2, -0.15) is 5.10 Å². The summed E-state index contributed by atoms with van der Waals surface area (Å²) >= 11 is 0. The molecular weight excluding hydrogens is 344 g/mol. The molecular formula is C20H22N4O3. The van der Waals surface area contributed by atoms with Crippen molar-refractivity contribution in [2.24, 2.45) is 0 Å². The molecule has 7 nitrogen and oxygen atoms in total. The molecule has 0 radical (unpaired) electrons. The van der Waals surface area contributed by atoms with Crippen LogP contribution in [-0.2, 0) is 4.74 Å². The molecule has 1 N–H and O–H groups in total. The number of nitrogens with one attached hydrogen (secondary N) is 1. The van der Waals surface area contributed by atoms with E-state index in [1.54, 1.807) is 24.0 Å². The van der Waals surface area contributed by atoms with E-state index >= 15 is 0 Å². The predicted octanol–water partition coefficient (Wildman–Crippen LogP) is 2.62. The Balaban J connectivity index is 1.59. The number of aromatic nitrogens is 3. The average Bonchev–Trinajstić information content (AvgIpc) is 3.36. The van der Waals surface area contributed by atoms with Crippen LogP contribution in [0, 0.1) is 6.92 Å². The third kappa shape index (κ3) is 3.38. The Morgan fingerprint density at radius 3 is 2.85 bits per heavy atom. The van der Waals surface area contributed by atoms with Gasteiger partial charge in [0, 0.05) is 24.9 Å². The number of aryl methyl sites for hydroxylation is 1. The van der Waals surface area contributed by atoms with Crippen LogP contribution in [0.1, 0.15) is 28.9 Å². The van der Waals surface area contributed by atoms with Crippen molar-refractivity contribution < 1.29 is 14.3 Å². The van der Waals surface area contributed by atoms with Crippen LogP contribution in [0.15, 0.2) is 36.7 Å². The molecule has 2 aromatic heterocycles. The summed E-state index contributed by atoms with van der Waals surface area (Å²) in [6, 6.07) is 7.74. The van der Waals surface area contributed by atoms with Gasteiger partial charge in [0.15, 0.2) is 5.65 Å². The molecule has 3 aromatic rings. The highest BCUT2D eigenvalue weighted by Gasteiger charge is 2.19. The van der Waals surface area contributed by atoms with Crippen LogP contribution in [0.2, 0.25) is 0 Å². The van der Waals surface area contributed by atoms with Crippen molar-refractivity contribution in [2.45, 2.75) is 25.9 Å². The Bertz CT molecular complexity index is 959. The van der Waals surface area contributed by atoms with E-state index in [2.05, 4.69) is 15.4 Å². The fraction of sp³-hybridized carbons (Fsp3) is 0.350. The Kier molecular flexibility index (Phi) is 4.77. The first kappa shape index (κ1) is 17.5. The van der Waals surface area contributed by atoms with Crippen LogP contribution in [0.25, 0.3) is 16.8 Å². The second-order valence-corrected chi connectivity index (χ2v) is 6.62. The zero-order valence-electron chi connectivity index (χ0n) is 15.4. The van der Waals surface area contributed by atoms with Crippen molar-refractivity contribution in [3.63, 3.8) is 0 Å². The smallest absolute Gasteiger partial charge is 0.254 e. The number of hydrogen-bond donors (Lipinski definition) is 1. The second-order valence-electron chi connectivity index (χ2n) is 6.62. The number of nitrogens with zero attached hydrogens (tertiary/aromatic N) is 3. The molecule has 1 fully saturated rings. The minimum absolute atomic E-state index is 0.109. The Morgan fingerprint density at radius 1 is 1.33 bits per heavy atom. The van der Waals surface area contributed by atoms with Gasteiger partial charge in [0.2, 0.25) is 0 Å². The zero-order chi connectivity index (χ0) is 18.8. The van der Waals surface area contributed by atoms with E-state index in [0.717, 1.165) is 42.0 Å². The Hall–Kier alpha value is -2.93. The van der Waals surface area contributed by atoms with Crippen LogP contribution in [0.5, 0.6) is 5.75 Å². The van der Waals surface area contributed by atoms with Crippen molar-refractivity contribution in [3.8, 4) is 16.9 Å². The predicted molar refractivity (Wildman–Crippen MR) is 101 cm³/mol. The largest absolute Gasteiger partial charge is 0.497 e. The molecule has 0 spiro atoms. The highest BCUT2D eigenvalue weighted by atomic mass is 16.5. The molecule has 0 bridgehead atoms. The number of ether oxygens (including phenoxy) is 2. The Morgan fingerprint density at radius 2 is 2.15 bits per heavy atom. The van der Waals surface area contributed by atoms with E-state index in [0.29, 0.717) is 17.8 Å². The van der Waals surface area contributed by atoms with Gasteiger partial charge < -0.3 is 14.8 Å². The molecule has 1 aliphatic heterocycles. The fourth-order valence-corrected chi connectivity index (χ4v) is 3.35. The summed E-state index contributed by atoms with van der Waals surface area (Å²) in [5.41, 5.74) is 3.89. The van der Waals surface area contributed by atoms with Crippen molar-refractivity contribution >= 4 is 11.6 Å². The van der Waals surface area contributed by atoms with E-state index in [-0.39, 0.29) is 12.0 Å². The average molecular weight is 366 g/mol. The molecule has 7 heteroatoms. The van der Waals surface area contributed by atoms with Gasteiger partial charge in [-0.3, -0.25) is 4.79 Å². The van der Waals surface area contributed by atoms with Crippen molar-refractivity contribution in [1.29, 1.82) is 0 Å². The second kappa shape index (κ2) is 7.36. The van der Waals surface area contributed by atoms with Crippen molar-refractivity contribution in [1.82, 2.24) is 19.9 Å². The van der Waals surface area contributed by atoms with Crippen LogP contribution < -0.4 is 10.1 Å². The lowest BCUT2D eigenvalue weighted by molar-refractivity contribution is 0.0856. The number of fused-ring (bicyclic) bond motifs is 1. The van der Waals surface area contributed by atoms with E-state index in [1.165, 1.54) is 0 Å². The highest BCUT2D eigenvalue weighted by molar-refractivity contribution is 5.95. The maximum absolute atomic E-state index is 12.6. The van der Waals surface area contributed by atoms with Crippen LogP contribution >= 0.6 is 0 Å². The van der Waals surface area contributed by atoms with Gasteiger partial charge in [-0.25, -0.2) is 9.50 Å². The lowest BCUT2D eigenvalue weighted by Gasteiger charge is -2.12. The maximum Gasteiger partial charge on any atom is 0.254 e. The number of methoxy groups -OCH3 is 1. The lowest BCUT2D eigenvalue weighted by Crippen LogP contribution is -2.32. The zero-order valence-corrected chi connectivity index (χ0v) is 15.4. The fourth-order valence-electron chi connectivity index (χ4n) is 3.35. The quantitative estimate of drug-likeness (QED) is 0.751. The molecule has 140 valence electrons. The molecule has 27 heavy (non-hydrogen) atoms. The summed E-state index contributed by atoms with van der Waals surface area (Å²) in [7, 11) is 1.64. The monoisotopic (exact) mass is 366 g/mol. The molecule has 0 aliphatic carbocycles. The van der Waals surface area contributed by atoms with Gasteiger partial charge in [-0.05, 0) is 37.5 Å². The van der Waals surface area contributed by atoms with Gasteiger partial charge in [-0.1, -0.05) is 12.1 Å². The van der Waals surface area contributed by atoms with Crippen LogP contribution in [-0.4, -0.2) is 46.9 Å². The summed E-state index contributed by atoms with van der Waals surface area (Å²) in [4.78, 5) is 17.1. The van der Waals surface area contributed by atoms with Crippen molar-refractivity contribution in [2.75, 3.05) is 20.3 Å². The molecule has 4 rings (SSSR count). The van der Waals surface area contributed by atoms with Gasteiger partial charge in [0.1, 0.15) is 5.75 Å². The number of hydrogen-bond acceptors (Lipinski definition) is 5. The molecule has 1 atom stereocenters. The highest BCUT2D eigenvalue weighted by Crippen LogP contribution is 2.26. The lowest BCUT2D eigenvalue weighted by atomic mass is 10.1. The van der Waals surface area contributed by atoms with E-state index in [4.69, 9.17) is 9.47 Å². The van der Waals surface area contributed by atoms with Gasteiger partial charge >= 0.3 is 0 Å². The minimum atomic E-state index is -0.154. The molecule has 1 saturated heterocycles. The molecule has 1 aromatic carbocycles. The van der Waals surface area contributed by atoms with Gasteiger partial charge in [0.05, 0.1) is 30.7 Å². The van der Waals surface area contributed by atoms with Crippen LogP contribution in [0.4, 0.5) is 0 Å². The molecule has 1 amide bonds. The summed E-state index contributed by atoms with van der Waals surface area (Å²) in [5, 5.41) is 7.37. The normalized spacial score (nSPS) is 16.6. The number of amides is 1. The maximum atomic E-state index is 12.6. The summed E-state index contributed by atoms with van der Waals surface area (Å²) in [6.07, 6.45) is 5.53. The third-order valence-corrected chi connectivity index (χ3v) is 4.93. The third-order valence-electron chi connectivity index (χ3n) is 4.93. The summed E-state index contributed by atoms with van der Waals surface area (Å²) in [6.45, 7) is 3.17. The summed E-state index contributed by atoms with van der Waals surface area (Å²) in [5.74, 6) is 0.642. The molecule has 1 aliphatic rings. The van der Waals surface area contributed by atoms with E-state index < -0.39 is 0 Å². The number of rotatable bonds is 5.